The third kappa shape index (κ3) is 4.18. The lowest BCUT2D eigenvalue weighted by atomic mass is 10.0. The molecule has 1 fully saturated rings. The van der Waals surface area contributed by atoms with Gasteiger partial charge in [-0.1, -0.05) is 30.3 Å². The fourth-order valence-electron chi connectivity index (χ4n) is 2.25. The summed E-state index contributed by atoms with van der Waals surface area (Å²) in [5.74, 6) is -0.196. The number of carbonyl (C=O) groups is 1. The molecular weight excluding hydrogens is 280 g/mol. The van der Waals surface area contributed by atoms with Gasteiger partial charge in [-0.25, -0.2) is 0 Å². The maximum Gasteiger partial charge on any atom is 0.239 e. The van der Waals surface area contributed by atoms with E-state index >= 15 is 0 Å². The monoisotopic (exact) mass is 300 g/mol. The van der Waals surface area contributed by atoms with Crippen molar-refractivity contribution in [3.05, 3.63) is 35.9 Å². The van der Waals surface area contributed by atoms with E-state index in [1.807, 2.05) is 30.3 Å². The topological polar surface area (TPSA) is 73.6 Å². The van der Waals surface area contributed by atoms with Gasteiger partial charge in [0.1, 0.15) is 12.1 Å². The van der Waals surface area contributed by atoms with Gasteiger partial charge in [-0.15, -0.1) is 12.4 Å². The van der Waals surface area contributed by atoms with Crippen molar-refractivity contribution in [3.63, 3.8) is 0 Å². The van der Waals surface area contributed by atoms with Gasteiger partial charge in [-0.3, -0.25) is 4.79 Å². The lowest BCUT2D eigenvalue weighted by molar-refractivity contribution is -0.124. The molecular formula is C14H21ClN2O3. The largest absolute Gasteiger partial charge is 0.383 e. The van der Waals surface area contributed by atoms with Crippen LogP contribution in [0.4, 0.5) is 0 Å². The van der Waals surface area contributed by atoms with E-state index in [9.17, 15) is 4.79 Å². The lowest BCUT2D eigenvalue weighted by Gasteiger charge is -2.22. The summed E-state index contributed by atoms with van der Waals surface area (Å²) in [4.78, 5) is 11.9. The number of amides is 1. The van der Waals surface area contributed by atoms with E-state index in [2.05, 4.69) is 5.32 Å². The highest BCUT2D eigenvalue weighted by Crippen LogP contribution is 2.28. The zero-order valence-corrected chi connectivity index (χ0v) is 12.3. The van der Waals surface area contributed by atoms with Gasteiger partial charge in [0.15, 0.2) is 0 Å². The Morgan fingerprint density at radius 1 is 1.50 bits per heavy atom. The fourth-order valence-corrected chi connectivity index (χ4v) is 2.25. The van der Waals surface area contributed by atoms with Crippen LogP contribution in [0.1, 0.15) is 18.1 Å². The van der Waals surface area contributed by atoms with E-state index < -0.39 is 6.04 Å². The van der Waals surface area contributed by atoms with Crippen molar-refractivity contribution in [2.45, 2.75) is 24.6 Å². The first-order valence-electron chi connectivity index (χ1n) is 6.44. The molecule has 3 unspecified atom stereocenters. The highest BCUT2D eigenvalue weighted by molar-refractivity contribution is 5.85. The Morgan fingerprint density at radius 3 is 2.85 bits per heavy atom. The van der Waals surface area contributed by atoms with Gasteiger partial charge in [0.2, 0.25) is 5.91 Å². The fraction of sp³-hybridized carbons (Fsp3) is 0.500. The summed E-state index contributed by atoms with van der Waals surface area (Å²) in [6.07, 6.45) is 0.699. The van der Waals surface area contributed by atoms with Crippen LogP contribution in [0, 0.1) is 0 Å². The van der Waals surface area contributed by atoms with Crippen LogP contribution in [0.25, 0.3) is 0 Å². The number of nitrogens with two attached hydrogens (primary N) is 1. The van der Waals surface area contributed by atoms with E-state index in [1.165, 1.54) is 7.11 Å². The van der Waals surface area contributed by atoms with Crippen LogP contribution in [0.3, 0.4) is 0 Å². The molecule has 20 heavy (non-hydrogen) atoms. The van der Waals surface area contributed by atoms with Gasteiger partial charge >= 0.3 is 0 Å². The molecule has 5 nitrogen and oxygen atoms in total. The van der Waals surface area contributed by atoms with Crippen LogP contribution in [-0.4, -0.2) is 38.3 Å². The molecule has 1 heterocycles. The Bertz CT molecular complexity index is 416. The van der Waals surface area contributed by atoms with Crippen LogP contribution < -0.4 is 11.1 Å². The maximum atomic E-state index is 11.9. The van der Waals surface area contributed by atoms with Crippen LogP contribution in [0.2, 0.25) is 0 Å². The van der Waals surface area contributed by atoms with Crippen LogP contribution in [0.5, 0.6) is 0 Å². The van der Waals surface area contributed by atoms with E-state index in [-0.39, 0.29) is 37.1 Å². The minimum absolute atomic E-state index is 0. The number of benzene rings is 1. The molecule has 2 rings (SSSR count). The first-order chi connectivity index (χ1) is 9.22. The summed E-state index contributed by atoms with van der Waals surface area (Å²) in [5, 5.41) is 2.94. The summed E-state index contributed by atoms with van der Waals surface area (Å²) in [6, 6.07) is 9.23. The minimum atomic E-state index is -0.637. The molecule has 0 radical (unpaired) electrons. The van der Waals surface area contributed by atoms with E-state index in [4.69, 9.17) is 15.2 Å². The molecule has 3 atom stereocenters. The molecule has 6 heteroatoms. The summed E-state index contributed by atoms with van der Waals surface area (Å²) < 4.78 is 10.6. The number of halogens is 1. The number of hydrogen-bond acceptors (Lipinski definition) is 4. The highest BCUT2D eigenvalue weighted by Gasteiger charge is 2.31. The predicted molar refractivity (Wildman–Crippen MR) is 78.8 cm³/mol. The van der Waals surface area contributed by atoms with Crippen LogP contribution >= 0.6 is 12.4 Å². The highest BCUT2D eigenvalue weighted by atomic mass is 35.5. The third-order valence-corrected chi connectivity index (χ3v) is 3.23. The summed E-state index contributed by atoms with van der Waals surface area (Å²) >= 11 is 0. The van der Waals surface area contributed by atoms with Gasteiger partial charge in [-0.05, 0) is 12.0 Å². The molecule has 0 aromatic heterocycles. The van der Waals surface area contributed by atoms with Gasteiger partial charge in [0.05, 0.1) is 12.6 Å². The molecule has 0 bridgehead atoms. The number of ether oxygens (including phenoxy) is 2. The third-order valence-electron chi connectivity index (χ3n) is 3.23. The number of rotatable bonds is 5. The normalized spacial score (nSPS) is 22.9. The molecule has 1 aromatic rings. The van der Waals surface area contributed by atoms with Crippen molar-refractivity contribution in [3.8, 4) is 0 Å². The molecule has 1 amide bonds. The molecule has 0 aliphatic carbocycles. The zero-order valence-electron chi connectivity index (χ0n) is 11.5. The molecule has 1 aliphatic rings. The minimum Gasteiger partial charge on any atom is -0.383 e. The van der Waals surface area contributed by atoms with Crippen molar-refractivity contribution < 1.29 is 14.3 Å². The number of nitrogens with one attached hydrogen (secondary N) is 1. The van der Waals surface area contributed by atoms with Gasteiger partial charge in [0.25, 0.3) is 0 Å². The van der Waals surface area contributed by atoms with E-state index in [0.717, 1.165) is 12.0 Å². The van der Waals surface area contributed by atoms with Crippen LogP contribution in [-0.2, 0) is 14.3 Å². The second-order valence-corrected chi connectivity index (χ2v) is 4.67. The van der Waals surface area contributed by atoms with Gasteiger partial charge < -0.3 is 20.5 Å². The smallest absolute Gasteiger partial charge is 0.239 e. The first-order valence-corrected chi connectivity index (χ1v) is 6.44. The second kappa shape index (κ2) is 8.21. The summed E-state index contributed by atoms with van der Waals surface area (Å²) in [6.45, 7) is 0.861. The Kier molecular flexibility index (Phi) is 6.95. The van der Waals surface area contributed by atoms with Crippen molar-refractivity contribution in [2.24, 2.45) is 5.73 Å². The maximum absolute atomic E-state index is 11.9. The molecule has 0 spiro atoms. The molecule has 0 saturated carbocycles. The number of methoxy groups -OCH3 is 1. The number of carbonyl (C=O) groups excluding carboxylic acids is 1. The average Bonchev–Trinajstić information content (AvgIpc) is 2.88. The zero-order chi connectivity index (χ0) is 13.7. The molecule has 3 N–H and O–H groups in total. The first kappa shape index (κ1) is 16.9. The standard InChI is InChI=1S/C14H20N2O3.ClH/c1-18-9-11(15)14(17)16-12-7-8-19-13(12)10-5-3-2-4-6-10;/h2-6,11-13H,7-9,15H2,1H3,(H,16,17);1H. The molecule has 112 valence electrons. The number of hydrogen-bond donors (Lipinski definition) is 2. The van der Waals surface area contributed by atoms with E-state index in [1.54, 1.807) is 0 Å². The Labute approximate surface area is 125 Å². The molecule has 1 saturated heterocycles. The average molecular weight is 301 g/mol. The summed E-state index contributed by atoms with van der Waals surface area (Å²) in [7, 11) is 1.53. The lowest BCUT2D eigenvalue weighted by Crippen LogP contribution is -2.48. The SMILES string of the molecule is COCC(N)C(=O)NC1CCOC1c1ccccc1.Cl. The quantitative estimate of drug-likeness (QED) is 0.852. The van der Waals surface area contributed by atoms with Crippen LogP contribution in [0.15, 0.2) is 30.3 Å². The Morgan fingerprint density at radius 2 is 2.20 bits per heavy atom. The molecule has 1 aromatic carbocycles. The van der Waals surface area contributed by atoms with Crippen molar-refractivity contribution in [2.75, 3.05) is 20.3 Å². The van der Waals surface area contributed by atoms with Crippen molar-refractivity contribution in [1.29, 1.82) is 0 Å². The Balaban J connectivity index is 0.00000200. The second-order valence-electron chi connectivity index (χ2n) is 4.67. The molecule has 1 aliphatic heterocycles. The Hall–Kier alpha value is -1.14. The van der Waals surface area contributed by atoms with Gasteiger partial charge in [-0.2, -0.15) is 0 Å². The van der Waals surface area contributed by atoms with Crippen molar-refractivity contribution >= 4 is 18.3 Å². The van der Waals surface area contributed by atoms with Crippen molar-refractivity contribution in [1.82, 2.24) is 5.32 Å². The predicted octanol–water partition coefficient (Wildman–Crippen LogP) is 1.03. The summed E-state index contributed by atoms with van der Waals surface area (Å²) in [5.41, 5.74) is 6.79. The van der Waals surface area contributed by atoms with E-state index in [0.29, 0.717) is 6.61 Å². The van der Waals surface area contributed by atoms with Gasteiger partial charge in [0, 0.05) is 13.7 Å².